The van der Waals surface area contributed by atoms with Gasteiger partial charge in [-0.2, -0.15) is 0 Å². The summed E-state index contributed by atoms with van der Waals surface area (Å²) in [6, 6.07) is 7.59. The number of hydrogen-bond donors (Lipinski definition) is 1. The molecular weight excluding hydrogens is 298 g/mol. The second-order valence-electron chi connectivity index (χ2n) is 5.23. The van der Waals surface area contributed by atoms with E-state index in [9.17, 15) is 9.59 Å². The lowest BCUT2D eigenvalue weighted by Gasteiger charge is -2.13. The lowest BCUT2D eigenvalue weighted by atomic mass is 10.0. The van der Waals surface area contributed by atoms with Gasteiger partial charge in [0.1, 0.15) is 5.56 Å². The normalized spacial score (nSPS) is 11.0. The number of nitrogens with zero attached hydrogens (tertiary/aromatic N) is 2. The Labute approximate surface area is 131 Å². The summed E-state index contributed by atoms with van der Waals surface area (Å²) >= 11 is 1.35. The zero-order valence-corrected chi connectivity index (χ0v) is 13.1. The summed E-state index contributed by atoms with van der Waals surface area (Å²) in [4.78, 5) is 29.4. The maximum atomic E-state index is 12.4. The third-order valence-electron chi connectivity index (χ3n) is 3.42. The van der Waals surface area contributed by atoms with Gasteiger partial charge in [-0.1, -0.05) is 32.0 Å². The molecule has 5 nitrogen and oxygen atoms in total. The number of hydrogen-bond acceptors (Lipinski definition) is 4. The van der Waals surface area contributed by atoms with Gasteiger partial charge in [-0.3, -0.25) is 14.0 Å². The van der Waals surface area contributed by atoms with E-state index in [2.05, 4.69) is 24.1 Å². The molecular formula is C16H15N3O2S. The van der Waals surface area contributed by atoms with Crippen molar-refractivity contribution in [2.24, 2.45) is 0 Å². The quantitative estimate of drug-likeness (QED) is 0.808. The van der Waals surface area contributed by atoms with Crippen LogP contribution in [-0.4, -0.2) is 15.3 Å². The number of fused-ring (bicyclic) bond motifs is 1. The van der Waals surface area contributed by atoms with Crippen molar-refractivity contribution in [1.82, 2.24) is 9.38 Å². The Hall–Kier alpha value is -2.47. The molecule has 0 saturated heterocycles. The number of amides is 1. The average molecular weight is 313 g/mol. The third-order valence-corrected chi connectivity index (χ3v) is 4.19. The van der Waals surface area contributed by atoms with Crippen LogP contribution in [0.5, 0.6) is 0 Å². The maximum Gasteiger partial charge on any atom is 0.271 e. The number of nitrogens with one attached hydrogen (secondary N) is 1. The lowest BCUT2D eigenvalue weighted by molar-refractivity contribution is 0.102. The van der Waals surface area contributed by atoms with Gasteiger partial charge in [-0.05, 0) is 17.5 Å². The molecule has 0 spiro atoms. The fraction of sp³-hybridized carbons (Fsp3) is 0.188. The SMILES string of the molecule is CC(C)c1ccccc1NC(=O)c1cnc2sccn2c1=O. The molecule has 1 amide bonds. The molecule has 0 aliphatic heterocycles. The van der Waals surface area contributed by atoms with Gasteiger partial charge in [0.25, 0.3) is 11.5 Å². The van der Waals surface area contributed by atoms with Crippen LogP contribution in [0.1, 0.15) is 35.7 Å². The molecule has 2 aromatic heterocycles. The van der Waals surface area contributed by atoms with Crippen LogP contribution in [0.4, 0.5) is 5.69 Å². The number of anilines is 1. The van der Waals surface area contributed by atoms with Crippen molar-refractivity contribution in [2.45, 2.75) is 19.8 Å². The van der Waals surface area contributed by atoms with Gasteiger partial charge in [-0.15, -0.1) is 11.3 Å². The summed E-state index contributed by atoms with van der Waals surface area (Å²) in [6.45, 7) is 4.11. The molecule has 0 fully saturated rings. The number of thiazole rings is 1. The van der Waals surface area contributed by atoms with E-state index in [0.29, 0.717) is 4.96 Å². The van der Waals surface area contributed by atoms with Crippen LogP contribution >= 0.6 is 11.3 Å². The van der Waals surface area contributed by atoms with Gasteiger partial charge >= 0.3 is 0 Å². The maximum absolute atomic E-state index is 12.4. The lowest BCUT2D eigenvalue weighted by Crippen LogP contribution is -2.26. The standard InChI is InChI=1S/C16H15N3O2S/c1-10(2)11-5-3-4-6-13(11)18-14(20)12-9-17-16-19(15(12)21)7-8-22-16/h3-10H,1-2H3,(H,18,20). The Morgan fingerprint density at radius 1 is 1.32 bits per heavy atom. The van der Waals surface area contributed by atoms with E-state index in [0.717, 1.165) is 11.3 Å². The van der Waals surface area contributed by atoms with Crippen LogP contribution in [-0.2, 0) is 0 Å². The summed E-state index contributed by atoms with van der Waals surface area (Å²) in [6.07, 6.45) is 2.95. The molecule has 6 heteroatoms. The molecule has 0 unspecified atom stereocenters. The fourth-order valence-corrected chi connectivity index (χ4v) is 2.96. The second kappa shape index (κ2) is 5.73. The number of carbonyl (C=O) groups excluding carboxylic acids is 1. The van der Waals surface area contributed by atoms with Crippen LogP contribution in [0.25, 0.3) is 4.96 Å². The van der Waals surface area contributed by atoms with Gasteiger partial charge in [0, 0.05) is 23.5 Å². The highest BCUT2D eigenvalue weighted by Gasteiger charge is 2.16. The summed E-state index contributed by atoms with van der Waals surface area (Å²) in [5.41, 5.74) is 1.43. The number of benzene rings is 1. The van der Waals surface area contributed by atoms with Gasteiger partial charge in [-0.25, -0.2) is 4.98 Å². The summed E-state index contributed by atoms with van der Waals surface area (Å²) in [5, 5.41) is 4.58. The summed E-state index contributed by atoms with van der Waals surface area (Å²) in [7, 11) is 0. The van der Waals surface area contributed by atoms with Crippen molar-refractivity contribution < 1.29 is 4.79 Å². The molecule has 0 radical (unpaired) electrons. The fourth-order valence-electron chi connectivity index (χ4n) is 2.28. The molecule has 22 heavy (non-hydrogen) atoms. The van der Waals surface area contributed by atoms with E-state index in [1.807, 2.05) is 24.3 Å². The van der Waals surface area contributed by atoms with Crippen molar-refractivity contribution in [3.8, 4) is 0 Å². The molecule has 3 rings (SSSR count). The van der Waals surface area contributed by atoms with E-state index in [4.69, 9.17) is 0 Å². The zero-order valence-electron chi connectivity index (χ0n) is 12.2. The van der Waals surface area contributed by atoms with Crippen LogP contribution in [0.3, 0.4) is 0 Å². The molecule has 0 atom stereocenters. The van der Waals surface area contributed by atoms with Gasteiger partial charge in [0.05, 0.1) is 0 Å². The number of aromatic nitrogens is 2. The Balaban J connectivity index is 1.97. The summed E-state index contributed by atoms with van der Waals surface area (Å²) in [5.74, 6) is -0.165. The van der Waals surface area contributed by atoms with E-state index >= 15 is 0 Å². The highest BCUT2D eigenvalue weighted by atomic mass is 32.1. The Bertz CT molecular complexity index is 896. The highest BCUT2D eigenvalue weighted by molar-refractivity contribution is 7.15. The van der Waals surface area contributed by atoms with Crippen molar-refractivity contribution in [1.29, 1.82) is 0 Å². The minimum Gasteiger partial charge on any atom is -0.322 e. The molecule has 2 heterocycles. The second-order valence-corrected chi connectivity index (χ2v) is 6.10. The third kappa shape index (κ3) is 2.53. The number of carbonyl (C=O) groups is 1. The number of rotatable bonds is 3. The van der Waals surface area contributed by atoms with Crippen molar-refractivity contribution in [3.63, 3.8) is 0 Å². The summed E-state index contributed by atoms with van der Waals surface area (Å²) < 4.78 is 1.38. The Morgan fingerprint density at radius 3 is 2.86 bits per heavy atom. The minimum absolute atomic E-state index is 0.0365. The molecule has 1 N–H and O–H groups in total. The molecule has 0 aliphatic carbocycles. The van der Waals surface area contributed by atoms with E-state index in [1.165, 1.54) is 21.9 Å². The molecule has 0 aliphatic rings. The Kier molecular flexibility index (Phi) is 3.77. The van der Waals surface area contributed by atoms with Crippen molar-refractivity contribution >= 4 is 27.9 Å². The van der Waals surface area contributed by atoms with Crippen LogP contribution in [0, 0.1) is 0 Å². The minimum atomic E-state index is -0.439. The van der Waals surface area contributed by atoms with Gasteiger partial charge in [0.15, 0.2) is 4.96 Å². The molecule has 0 bridgehead atoms. The number of para-hydroxylation sites is 1. The van der Waals surface area contributed by atoms with Crippen LogP contribution in [0.2, 0.25) is 0 Å². The van der Waals surface area contributed by atoms with Gasteiger partial charge in [0.2, 0.25) is 0 Å². The highest BCUT2D eigenvalue weighted by Crippen LogP contribution is 2.23. The van der Waals surface area contributed by atoms with Crippen LogP contribution in [0.15, 0.2) is 46.8 Å². The van der Waals surface area contributed by atoms with E-state index in [-0.39, 0.29) is 17.0 Å². The first-order valence-electron chi connectivity index (χ1n) is 6.93. The molecule has 112 valence electrons. The largest absolute Gasteiger partial charge is 0.322 e. The first-order valence-corrected chi connectivity index (χ1v) is 7.81. The Morgan fingerprint density at radius 2 is 2.09 bits per heavy atom. The molecule has 3 aromatic rings. The predicted octanol–water partition coefficient (Wildman–Crippen LogP) is 3.13. The first kappa shape index (κ1) is 14.5. The van der Waals surface area contributed by atoms with E-state index in [1.54, 1.807) is 11.6 Å². The van der Waals surface area contributed by atoms with Crippen molar-refractivity contribution in [3.05, 3.63) is 63.5 Å². The first-order chi connectivity index (χ1) is 10.6. The average Bonchev–Trinajstić information content (AvgIpc) is 2.97. The van der Waals surface area contributed by atoms with Gasteiger partial charge < -0.3 is 5.32 Å². The molecule has 0 saturated carbocycles. The van der Waals surface area contributed by atoms with E-state index < -0.39 is 5.91 Å². The molecule has 1 aromatic carbocycles. The monoisotopic (exact) mass is 313 g/mol. The predicted molar refractivity (Wildman–Crippen MR) is 87.8 cm³/mol. The topological polar surface area (TPSA) is 63.5 Å². The van der Waals surface area contributed by atoms with Crippen molar-refractivity contribution in [2.75, 3.05) is 5.32 Å². The smallest absolute Gasteiger partial charge is 0.271 e. The van der Waals surface area contributed by atoms with Crippen LogP contribution < -0.4 is 10.9 Å². The zero-order chi connectivity index (χ0) is 15.7.